The SMILES string of the molecule is CC(C)C[C@H](NC(=O)[C@H](C)NC(=O)CNC(=O)[C@@H](N)Cc1ccc(O)cc1)C(=O)N[C@@H](Cc1ccccc1)C(=O)N[C@@H](C)C(=O)N[C@@H](CCCN=C(N)N)C(=O)O. The van der Waals surface area contributed by atoms with Crippen LogP contribution in [0.2, 0.25) is 0 Å². The van der Waals surface area contributed by atoms with E-state index in [0.717, 1.165) is 0 Å². The van der Waals surface area contributed by atoms with E-state index in [1.54, 1.807) is 42.5 Å². The van der Waals surface area contributed by atoms with Gasteiger partial charge in [-0.05, 0) is 68.7 Å². The topological polar surface area (TPSA) is 323 Å². The monoisotopic (exact) mass is 796 g/mol. The summed E-state index contributed by atoms with van der Waals surface area (Å²) in [5.74, 6) is -5.70. The fourth-order valence-electron chi connectivity index (χ4n) is 5.40. The molecule has 0 bridgehead atoms. The average molecular weight is 797 g/mol. The highest BCUT2D eigenvalue weighted by molar-refractivity contribution is 5.96. The predicted molar refractivity (Wildman–Crippen MR) is 211 cm³/mol. The highest BCUT2D eigenvalue weighted by Gasteiger charge is 2.31. The number of nitrogens with one attached hydrogen (secondary N) is 6. The lowest BCUT2D eigenvalue weighted by Crippen LogP contribution is -2.59. The Labute approximate surface area is 331 Å². The van der Waals surface area contributed by atoms with Crippen molar-refractivity contribution in [2.75, 3.05) is 13.1 Å². The zero-order valence-electron chi connectivity index (χ0n) is 32.6. The van der Waals surface area contributed by atoms with Crippen LogP contribution >= 0.6 is 0 Å². The summed E-state index contributed by atoms with van der Waals surface area (Å²) in [6.45, 7) is 6.09. The van der Waals surface area contributed by atoms with Crippen molar-refractivity contribution in [2.45, 2.75) is 96.1 Å². The van der Waals surface area contributed by atoms with Crippen molar-refractivity contribution in [3.8, 4) is 5.75 Å². The average Bonchev–Trinajstić information content (AvgIpc) is 3.15. The maximum atomic E-state index is 13.7. The van der Waals surface area contributed by atoms with E-state index in [1.807, 2.05) is 13.8 Å². The largest absolute Gasteiger partial charge is 0.508 e. The number of guanidine groups is 1. The number of hydrogen-bond acceptors (Lipinski definition) is 10. The van der Waals surface area contributed by atoms with Gasteiger partial charge in [-0.15, -0.1) is 0 Å². The van der Waals surface area contributed by atoms with E-state index in [4.69, 9.17) is 17.2 Å². The van der Waals surface area contributed by atoms with Crippen molar-refractivity contribution in [1.29, 1.82) is 0 Å². The van der Waals surface area contributed by atoms with E-state index >= 15 is 0 Å². The molecule has 14 N–H and O–H groups in total. The lowest BCUT2D eigenvalue weighted by Gasteiger charge is -2.26. The Balaban J connectivity index is 2.06. The van der Waals surface area contributed by atoms with Gasteiger partial charge in [-0.1, -0.05) is 56.3 Å². The molecule has 0 unspecified atom stereocenters. The molecule has 0 heterocycles. The maximum Gasteiger partial charge on any atom is 0.326 e. The summed E-state index contributed by atoms with van der Waals surface area (Å²) in [7, 11) is 0. The van der Waals surface area contributed by atoms with Crippen LogP contribution in [0.3, 0.4) is 0 Å². The Bertz CT molecular complexity index is 1700. The molecule has 2 aromatic carbocycles. The van der Waals surface area contributed by atoms with Crippen LogP contribution < -0.4 is 49.1 Å². The fourth-order valence-corrected chi connectivity index (χ4v) is 5.40. The van der Waals surface area contributed by atoms with Gasteiger partial charge < -0.3 is 59.3 Å². The normalized spacial score (nSPS) is 14.0. The van der Waals surface area contributed by atoms with Gasteiger partial charge in [0.1, 0.15) is 36.0 Å². The molecule has 2 aromatic rings. The number of benzene rings is 2. The standard InChI is InChI=1S/C38H56N10O9/c1-21(2)17-29(47-32(51)22(3)44-31(50)20-43-34(53)27(39)18-25-12-14-26(49)15-13-25)36(55)48-30(19-24-9-6-5-7-10-24)35(54)45-23(4)33(52)46-28(37(56)57)11-8-16-42-38(40)41/h5-7,9-10,12-15,21-23,27-30,49H,8,11,16-20,39H2,1-4H3,(H,43,53)(H,44,50)(H,45,54)(H,46,52)(H,47,51)(H,48,55)(H,56,57)(H4,40,41,42)/t22-,23-,27-,28-,29-,30-/m0/s1. The number of rotatable bonds is 23. The predicted octanol–water partition coefficient (Wildman–Crippen LogP) is -1.73. The van der Waals surface area contributed by atoms with E-state index in [1.165, 1.54) is 26.0 Å². The zero-order chi connectivity index (χ0) is 42.7. The number of amides is 6. The van der Waals surface area contributed by atoms with Crippen LogP contribution in [0.5, 0.6) is 5.75 Å². The molecule has 0 aromatic heterocycles. The molecular formula is C38H56N10O9. The third kappa shape index (κ3) is 17.8. The summed E-state index contributed by atoms with van der Waals surface area (Å²) in [5.41, 5.74) is 17.9. The van der Waals surface area contributed by atoms with Gasteiger partial charge in [-0.2, -0.15) is 0 Å². The number of carboxylic acids is 1. The van der Waals surface area contributed by atoms with Crippen LogP contribution in [-0.4, -0.2) is 107 Å². The van der Waals surface area contributed by atoms with Gasteiger partial charge in [0, 0.05) is 13.0 Å². The number of hydrogen-bond donors (Lipinski definition) is 11. The first-order valence-electron chi connectivity index (χ1n) is 18.5. The molecule has 0 aliphatic heterocycles. The second-order valence-electron chi connectivity index (χ2n) is 14.0. The summed E-state index contributed by atoms with van der Waals surface area (Å²) < 4.78 is 0. The van der Waals surface area contributed by atoms with Crippen molar-refractivity contribution in [3.63, 3.8) is 0 Å². The van der Waals surface area contributed by atoms with Crippen molar-refractivity contribution < 1.29 is 43.8 Å². The first-order chi connectivity index (χ1) is 26.9. The lowest BCUT2D eigenvalue weighted by molar-refractivity contribution is -0.142. The van der Waals surface area contributed by atoms with Crippen LogP contribution in [-0.2, 0) is 46.4 Å². The quantitative estimate of drug-likeness (QED) is 0.0340. The number of carbonyl (C=O) groups excluding carboxylic acids is 6. The summed E-state index contributed by atoms with van der Waals surface area (Å²) in [6.07, 6.45) is 0.604. The first-order valence-corrected chi connectivity index (χ1v) is 18.5. The number of phenolic OH excluding ortho intramolecular Hbond substituents is 1. The molecule has 57 heavy (non-hydrogen) atoms. The summed E-state index contributed by atoms with van der Waals surface area (Å²) >= 11 is 0. The minimum Gasteiger partial charge on any atom is -0.508 e. The molecule has 6 amide bonds. The summed E-state index contributed by atoms with van der Waals surface area (Å²) in [6, 6.07) is 7.94. The van der Waals surface area contributed by atoms with E-state index in [-0.39, 0.29) is 56.3 Å². The minimum atomic E-state index is -1.29. The molecule has 19 heteroatoms. The first kappa shape index (κ1) is 46.9. The van der Waals surface area contributed by atoms with Gasteiger partial charge in [0.25, 0.3) is 0 Å². The third-order valence-electron chi connectivity index (χ3n) is 8.49. The molecule has 0 spiro atoms. The Morgan fingerprint density at radius 1 is 0.667 bits per heavy atom. The number of aliphatic imine (C=N–C) groups is 1. The molecule has 0 fully saturated rings. The van der Waals surface area contributed by atoms with Gasteiger partial charge in [0.2, 0.25) is 35.4 Å². The van der Waals surface area contributed by atoms with Crippen LogP contribution in [0, 0.1) is 5.92 Å². The van der Waals surface area contributed by atoms with Crippen LogP contribution in [0.1, 0.15) is 58.1 Å². The molecule has 0 aliphatic carbocycles. The van der Waals surface area contributed by atoms with Crippen molar-refractivity contribution >= 4 is 47.4 Å². The Morgan fingerprint density at radius 3 is 1.79 bits per heavy atom. The van der Waals surface area contributed by atoms with Crippen LogP contribution in [0.4, 0.5) is 0 Å². The minimum absolute atomic E-state index is 0.00835. The summed E-state index contributed by atoms with van der Waals surface area (Å²) in [5, 5.41) is 34.2. The Morgan fingerprint density at radius 2 is 1.21 bits per heavy atom. The second kappa shape index (κ2) is 23.6. The van der Waals surface area contributed by atoms with Crippen molar-refractivity contribution in [3.05, 3.63) is 65.7 Å². The smallest absolute Gasteiger partial charge is 0.326 e. The van der Waals surface area contributed by atoms with Crippen molar-refractivity contribution in [1.82, 2.24) is 31.9 Å². The highest BCUT2D eigenvalue weighted by Crippen LogP contribution is 2.12. The number of phenols is 1. The number of aromatic hydroxyl groups is 1. The molecule has 6 atom stereocenters. The molecule has 2 rings (SSSR count). The molecule has 0 saturated heterocycles. The van der Waals surface area contributed by atoms with E-state index in [2.05, 4.69) is 36.9 Å². The number of nitrogens with zero attached hydrogens (tertiary/aromatic N) is 1. The molecule has 19 nitrogen and oxygen atoms in total. The van der Waals surface area contributed by atoms with Crippen molar-refractivity contribution in [2.24, 2.45) is 28.1 Å². The molecule has 312 valence electrons. The number of aliphatic carboxylic acids is 1. The summed E-state index contributed by atoms with van der Waals surface area (Å²) in [4.78, 5) is 94.1. The van der Waals surface area contributed by atoms with E-state index in [9.17, 15) is 43.8 Å². The van der Waals surface area contributed by atoms with Gasteiger partial charge in [-0.3, -0.25) is 33.8 Å². The van der Waals surface area contributed by atoms with Gasteiger partial charge in [0.15, 0.2) is 5.96 Å². The fraction of sp³-hybridized carbons (Fsp3) is 0.474. The van der Waals surface area contributed by atoms with Gasteiger partial charge in [0.05, 0.1) is 12.6 Å². The number of carboxylic acid groups (broad SMARTS) is 1. The molecule has 0 aliphatic rings. The molecular weight excluding hydrogens is 740 g/mol. The van der Waals surface area contributed by atoms with E-state index in [0.29, 0.717) is 11.1 Å². The number of carbonyl (C=O) groups is 7. The zero-order valence-corrected chi connectivity index (χ0v) is 32.6. The molecule has 0 radical (unpaired) electrons. The van der Waals surface area contributed by atoms with E-state index < -0.39 is 84.2 Å². The maximum absolute atomic E-state index is 13.7. The van der Waals surface area contributed by atoms with Crippen LogP contribution in [0.15, 0.2) is 59.6 Å². The Hall–Kier alpha value is -6.24. The second-order valence-corrected chi connectivity index (χ2v) is 14.0. The van der Waals surface area contributed by atoms with Gasteiger partial charge in [-0.25, -0.2) is 4.79 Å². The molecule has 0 saturated carbocycles. The lowest BCUT2D eigenvalue weighted by atomic mass is 10.0. The third-order valence-corrected chi connectivity index (χ3v) is 8.49. The highest BCUT2D eigenvalue weighted by atomic mass is 16.4. The number of nitrogens with two attached hydrogens (primary N) is 3. The Kier molecular flexibility index (Phi) is 19.4. The van der Waals surface area contributed by atoms with Crippen LogP contribution in [0.25, 0.3) is 0 Å². The van der Waals surface area contributed by atoms with Gasteiger partial charge >= 0.3 is 5.97 Å².